The summed E-state index contributed by atoms with van der Waals surface area (Å²) in [6.07, 6.45) is 3.52. The Labute approximate surface area is 115 Å². The Balaban J connectivity index is 1.87. The lowest BCUT2D eigenvalue weighted by Gasteiger charge is -2.25. The summed E-state index contributed by atoms with van der Waals surface area (Å²) in [6, 6.07) is 8.10. The molecule has 1 aromatic rings. The Morgan fingerprint density at radius 1 is 1.21 bits per heavy atom. The van der Waals surface area contributed by atoms with Crippen molar-refractivity contribution in [2.45, 2.75) is 26.2 Å². The fourth-order valence-electron chi connectivity index (χ4n) is 2.29. The number of nitrogens with zero attached hydrogens (tertiary/aromatic N) is 1. The van der Waals surface area contributed by atoms with E-state index in [1.54, 1.807) is 0 Å². The maximum atomic E-state index is 12.2. The van der Waals surface area contributed by atoms with Gasteiger partial charge in [-0.25, -0.2) is 0 Å². The number of rotatable bonds is 6. The Morgan fingerprint density at radius 2 is 1.89 bits per heavy atom. The molecule has 1 heterocycles. The van der Waals surface area contributed by atoms with Crippen molar-refractivity contribution in [3.63, 3.8) is 0 Å². The van der Waals surface area contributed by atoms with E-state index in [-0.39, 0.29) is 5.78 Å². The summed E-state index contributed by atoms with van der Waals surface area (Å²) in [6.45, 7) is 5.91. The first-order valence-electron chi connectivity index (χ1n) is 7.22. The monoisotopic (exact) mass is 261 g/mol. The molecule has 1 aliphatic rings. The van der Waals surface area contributed by atoms with E-state index in [0.717, 1.165) is 38.3 Å². The van der Waals surface area contributed by atoms with Crippen LogP contribution in [0.3, 0.4) is 0 Å². The van der Waals surface area contributed by atoms with E-state index in [9.17, 15) is 4.79 Å². The highest BCUT2D eigenvalue weighted by molar-refractivity contribution is 5.97. The van der Waals surface area contributed by atoms with Crippen LogP contribution < -0.4 is 0 Å². The van der Waals surface area contributed by atoms with Crippen LogP contribution in [0.25, 0.3) is 0 Å². The molecule has 0 N–H and O–H groups in total. The van der Waals surface area contributed by atoms with Crippen molar-refractivity contribution in [2.24, 2.45) is 0 Å². The van der Waals surface area contributed by atoms with Crippen LogP contribution in [0.5, 0.6) is 0 Å². The maximum absolute atomic E-state index is 12.2. The van der Waals surface area contributed by atoms with E-state index in [2.05, 4.69) is 24.0 Å². The summed E-state index contributed by atoms with van der Waals surface area (Å²) < 4.78 is 5.29. The second-order valence-electron chi connectivity index (χ2n) is 5.11. The zero-order valence-corrected chi connectivity index (χ0v) is 11.7. The van der Waals surface area contributed by atoms with Crippen molar-refractivity contribution in [3.8, 4) is 0 Å². The Morgan fingerprint density at radius 3 is 2.53 bits per heavy atom. The molecule has 0 radical (unpaired) electrons. The Hall–Kier alpha value is -1.19. The van der Waals surface area contributed by atoms with Gasteiger partial charge in [-0.1, -0.05) is 37.6 Å². The van der Waals surface area contributed by atoms with Crippen LogP contribution in [0.1, 0.15) is 35.7 Å². The van der Waals surface area contributed by atoms with Crippen LogP contribution in [-0.2, 0) is 11.2 Å². The van der Waals surface area contributed by atoms with E-state index in [1.165, 1.54) is 18.4 Å². The van der Waals surface area contributed by atoms with Gasteiger partial charge in [-0.15, -0.1) is 0 Å². The molecule has 1 aromatic carbocycles. The van der Waals surface area contributed by atoms with Crippen molar-refractivity contribution in [3.05, 3.63) is 35.4 Å². The van der Waals surface area contributed by atoms with E-state index in [1.807, 2.05) is 12.1 Å². The minimum atomic E-state index is 0.212. The quantitative estimate of drug-likeness (QED) is 0.737. The predicted octanol–water partition coefficient (Wildman–Crippen LogP) is 2.54. The summed E-state index contributed by atoms with van der Waals surface area (Å²) in [5, 5.41) is 0. The molecule has 2 rings (SSSR count). The highest BCUT2D eigenvalue weighted by atomic mass is 16.5. The van der Waals surface area contributed by atoms with Gasteiger partial charge in [0.25, 0.3) is 0 Å². The van der Waals surface area contributed by atoms with Crippen molar-refractivity contribution in [2.75, 3.05) is 32.8 Å². The lowest BCUT2D eigenvalue weighted by Crippen LogP contribution is -2.39. The summed E-state index contributed by atoms with van der Waals surface area (Å²) in [4.78, 5) is 14.3. The normalized spacial score (nSPS) is 16.5. The number of morpholine rings is 1. The number of hydrogen-bond acceptors (Lipinski definition) is 3. The van der Waals surface area contributed by atoms with E-state index < -0.39 is 0 Å². The predicted molar refractivity (Wildman–Crippen MR) is 76.6 cm³/mol. The molecule has 19 heavy (non-hydrogen) atoms. The van der Waals surface area contributed by atoms with Crippen molar-refractivity contribution >= 4 is 5.78 Å². The number of ether oxygens (including phenoxy) is 1. The first kappa shape index (κ1) is 14.2. The number of ketones is 1. The minimum absolute atomic E-state index is 0.212. The number of benzene rings is 1. The van der Waals surface area contributed by atoms with Gasteiger partial charge in [0.1, 0.15) is 0 Å². The molecule has 1 saturated heterocycles. The Kier molecular flexibility index (Phi) is 5.55. The number of Topliss-reactive ketones (excluding diaryl/α,β-unsaturated/α-hetero) is 1. The molecule has 0 bridgehead atoms. The smallest absolute Gasteiger partial charge is 0.176 e. The number of carbonyl (C=O) groups is 1. The summed E-state index contributed by atoms with van der Waals surface area (Å²) >= 11 is 0. The van der Waals surface area contributed by atoms with Crippen LogP contribution >= 0.6 is 0 Å². The molecule has 1 fully saturated rings. The van der Waals surface area contributed by atoms with Gasteiger partial charge in [-0.2, -0.15) is 0 Å². The largest absolute Gasteiger partial charge is 0.379 e. The van der Waals surface area contributed by atoms with Gasteiger partial charge < -0.3 is 4.74 Å². The zero-order valence-electron chi connectivity index (χ0n) is 11.7. The van der Waals surface area contributed by atoms with Crippen molar-refractivity contribution < 1.29 is 9.53 Å². The molecule has 1 aliphatic heterocycles. The average Bonchev–Trinajstić information content (AvgIpc) is 2.46. The van der Waals surface area contributed by atoms with Crippen molar-refractivity contribution in [1.29, 1.82) is 0 Å². The lowest BCUT2D eigenvalue weighted by molar-refractivity contribution is 0.0371. The van der Waals surface area contributed by atoms with Gasteiger partial charge >= 0.3 is 0 Å². The van der Waals surface area contributed by atoms with Gasteiger partial charge in [0.15, 0.2) is 5.78 Å². The first-order chi connectivity index (χ1) is 9.29. The minimum Gasteiger partial charge on any atom is -0.379 e. The molecule has 3 heteroatoms. The number of carbonyl (C=O) groups excluding carboxylic acids is 1. The van der Waals surface area contributed by atoms with Crippen LogP contribution in [-0.4, -0.2) is 43.5 Å². The van der Waals surface area contributed by atoms with Crippen LogP contribution in [0.2, 0.25) is 0 Å². The molecule has 104 valence electrons. The molecule has 0 aliphatic carbocycles. The third-order valence-electron chi connectivity index (χ3n) is 3.57. The number of aryl methyl sites for hydroxylation is 1. The van der Waals surface area contributed by atoms with E-state index in [0.29, 0.717) is 6.54 Å². The molecular formula is C16H23NO2. The fourth-order valence-corrected chi connectivity index (χ4v) is 2.29. The summed E-state index contributed by atoms with van der Waals surface area (Å²) in [5.74, 6) is 0.212. The molecule has 0 aromatic heterocycles. The molecule has 0 atom stereocenters. The molecule has 0 amide bonds. The van der Waals surface area contributed by atoms with Crippen LogP contribution in [0.15, 0.2) is 24.3 Å². The highest BCUT2D eigenvalue weighted by Crippen LogP contribution is 2.09. The molecule has 0 unspecified atom stereocenters. The standard InChI is InChI=1S/C16H23NO2/c1-2-3-4-14-5-7-15(8-6-14)16(18)13-17-9-11-19-12-10-17/h5-8H,2-4,9-13H2,1H3. The SMILES string of the molecule is CCCCc1ccc(C(=O)CN2CCOCC2)cc1. The van der Waals surface area contributed by atoms with E-state index in [4.69, 9.17) is 4.74 Å². The van der Waals surface area contributed by atoms with Gasteiger partial charge in [0, 0.05) is 18.7 Å². The topological polar surface area (TPSA) is 29.5 Å². The van der Waals surface area contributed by atoms with Gasteiger partial charge in [0.2, 0.25) is 0 Å². The third kappa shape index (κ3) is 4.44. The second kappa shape index (κ2) is 7.41. The Bertz CT molecular complexity index is 394. The molecule has 0 spiro atoms. The van der Waals surface area contributed by atoms with Crippen LogP contribution in [0.4, 0.5) is 0 Å². The molecule has 0 saturated carbocycles. The van der Waals surface area contributed by atoms with Crippen molar-refractivity contribution in [1.82, 2.24) is 4.90 Å². The number of hydrogen-bond donors (Lipinski definition) is 0. The first-order valence-corrected chi connectivity index (χ1v) is 7.22. The van der Waals surface area contributed by atoms with Gasteiger partial charge in [-0.3, -0.25) is 9.69 Å². The lowest BCUT2D eigenvalue weighted by atomic mass is 10.0. The van der Waals surface area contributed by atoms with Crippen LogP contribution in [0, 0.1) is 0 Å². The third-order valence-corrected chi connectivity index (χ3v) is 3.57. The van der Waals surface area contributed by atoms with E-state index >= 15 is 0 Å². The average molecular weight is 261 g/mol. The summed E-state index contributed by atoms with van der Waals surface area (Å²) in [7, 11) is 0. The molecular weight excluding hydrogens is 238 g/mol. The molecule has 3 nitrogen and oxygen atoms in total. The van der Waals surface area contributed by atoms with Gasteiger partial charge in [-0.05, 0) is 18.4 Å². The van der Waals surface area contributed by atoms with Gasteiger partial charge in [0.05, 0.1) is 19.8 Å². The maximum Gasteiger partial charge on any atom is 0.176 e. The fraction of sp³-hybridized carbons (Fsp3) is 0.562. The zero-order chi connectivity index (χ0) is 13.5. The second-order valence-corrected chi connectivity index (χ2v) is 5.11. The summed E-state index contributed by atoms with van der Waals surface area (Å²) in [5.41, 5.74) is 2.15. The number of unbranched alkanes of at least 4 members (excludes halogenated alkanes) is 1. The highest BCUT2D eigenvalue weighted by Gasteiger charge is 2.15.